The Morgan fingerprint density at radius 1 is 1.05 bits per heavy atom. The van der Waals surface area contributed by atoms with E-state index in [9.17, 15) is 35.6 Å². The number of hydrogen-bond acceptors (Lipinski definition) is 6. The van der Waals surface area contributed by atoms with Crippen LogP contribution in [0.2, 0.25) is 0 Å². The van der Waals surface area contributed by atoms with Crippen LogP contribution in [-0.2, 0) is 20.8 Å². The van der Waals surface area contributed by atoms with Crippen molar-refractivity contribution >= 4 is 27.3 Å². The molecule has 2 amide bonds. The molecule has 0 atom stereocenters. The number of ether oxygens (including phenoxy) is 1. The molecule has 0 saturated carbocycles. The molecule has 0 radical (unpaired) electrons. The number of hydrogen-bond donors (Lipinski definition) is 1. The van der Waals surface area contributed by atoms with Crippen LogP contribution in [0.5, 0.6) is 5.75 Å². The Morgan fingerprint density at radius 3 is 2.41 bits per heavy atom. The maximum atomic E-state index is 13.7. The molecular formula is C26H25F4N3O5S. The van der Waals surface area contributed by atoms with Gasteiger partial charge in [-0.3, -0.25) is 14.6 Å². The van der Waals surface area contributed by atoms with E-state index in [1.54, 1.807) is 0 Å². The van der Waals surface area contributed by atoms with Gasteiger partial charge in [-0.15, -0.1) is 0 Å². The molecule has 0 spiro atoms. The van der Waals surface area contributed by atoms with E-state index in [4.69, 9.17) is 10.5 Å². The number of alkyl halides is 3. The van der Waals surface area contributed by atoms with Gasteiger partial charge in [-0.1, -0.05) is 0 Å². The van der Waals surface area contributed by atoms with Gasteiger partial charge in [-0.25, -0.2) is 12.8 Å². The molecule has 0 unspecified atom stereocenters. The second-order valence-corrected chi connectivity index (χ2v) is 10.7. The second-order valence-electron chi connectivity index (χ2n) is 8.59. The van der Waals surface area contributed by atoms with Gasteiger partial charge in [0.15, 0.2) is 9.84 Å². The predicted molar refractivity (Wildman–Crippen MR) is 135 cm³/mol. The van der Waals surface area contributed by atoms with Gasteiger partial charge in [-0.2, -0.15) is 13.2 Å². The number of halogens is 4. The molecule has 2 N–H and O–H groups in total. The summed E-state index contributed by atoms with van der Waals surface area (Å²) in [5, 5.41) is 0. The fourth-order valence-electron chi connectivity index (χ4n) is 3.85. The zero-order valence-corrected chi connectivity index (χ0v) is 21.8. The molecule has 1 heterocycles. The third-order valence-electron chi connectivity index (χ3n) is 5.85. The minimum Gasteiger partial charge on any atom is -0.496 e. The van der Waals surface area contributed by atoms with E-state index in [0.29, 0.717) is 23.3 Å². The minimum absolute atomic E-state index is 0.0107. The fraction of sp³-hybridized carbons (Fsp3) is 0.269. The fourth-order valence-corrected chi connectivity index (χ4v) is 5.28. The number of rotatable bonds is 10. The van der Waals surface area contributed by atoms with E-state index in [-0.39, 0.29) is 30.7 Å². The number of nitrogens with zero attached hydrogens (tertiary/aromatic N) is 2. The van der Waals surface area contributed by atoms with Crippen LogP contribution in [0.25, 0.3) is 11.1 Å². The summed E-state index contributed by atoms with van der Waals surface area (Å²) >= 11 is 0. The Morgan fingerprint density at radius 2 is 1.77 bits per heavy atom. The summed E-state index contributed by atoms with van der Waals surface area (Å²) in [5.41, 5.74) is 4.11. The summed E-state index contributed by atoms with van der Waals surface area (Å²) in [7, 11) is -1.62. The SMILES string of the molecule is COc1cc(F)ccc1-c1ccncc1N(C)C(=O)c1cc(C(F)(F)F)cc(S(=O)(=O)CCCCC(N)=O)c1. The lowest BCUT2D eigenvalue weighted by molar-refractivity contribution is -0.137. The predicted octanol–water partition coefficient (Wildman–Crippen LogP) is 4.62. The van der Waals surface area contributed by atoms with Crippen LogP contribution in [0.15, 0.2) is 59.8 Å². The second kappa shape index (κ2) is 11.8. The molecule has 0 aliphatic rings. The summed E-state index contributed by atoms with van der Waals surface area (Å²) in [5.74, 6) is -2.53. The van der Waals surface area contributed by atoms with Crippen molar-refractivity contribution in [3.05, 3.63) is 71.8 Å². The van der Waals surface area contributed by atoms with Crippen LogP contribution in [0, 0.1) is 5.82 Å². The number of carbonyl (C=O) groups excluding carboxylic acids is 2. The van der Waals surface area contributed by atoms with E-state index in [2.05, 4.69) is 4.98 Å². The standard InChI is InChI=1S/C26H25F4N3O5S/c1-33(22-15-32-9-8-20(22)21-7-6-18(27)14-23(21)38-2)25(35)16-11-17(26(28,29)30)13-19(12-16)39(36,37)10-4-3-5-24(31)34/h6-9,11-15H,3-5,10H2,1-2H3,(H2,31,34). The summed E-state index contributed by atoms with van der Waals surface area (Å²) in [6.07, 6.45) is -2.18. The van der Waals surface area contributed by atoms with E-state index in [1.807, 2.05) is 0 Å². The summed E-state index contributed by atoms with van der Waals surface area (Å²) in [4.78, 5) is 28.6. The number of aromatic nitrogens is 1. The van der Waals surface area contributed by atoms with Crippen LogP contribution in [-0.4, -0.2) is 45.1 Å². The van der Waals surface area contributed by atoms with Crippen LogP contribution >= 0.6 is 0 Å². The molecule has 0 aliphatic carbocycles. The van der Waals surface area contributed by atoms with Crippen molar-refractivity contribution in [1.29, 1.82) is 0 Å². The number of primary amides is 1. The molecule has 8 nitrogen and oxygen atoms in total. The van der Waals surface area contributed by atoms with Gasteiger partial charge in [0.1, 0.15) is 11.6 Å². The van der Waals surface area contributed by atoms with E-state index >= 15 is 0 Å². The van der Waals surface area contributed by atoms with E-state index in [1.165, 1.54) is 44.8 Å². The molecule has 0 fully saturated rings. The van der Waals surface area contributed by atoms with Crippen molar-refractivity contribution in [2.75, 3.05) is 24.8 Å². The highest BCUT2D eigenvalue weighted by Gasteiger charge is 2.34. The van der Waals surface area contributed by atoms with Crippen LogP contribution in [0.4, 0.5) is 23.2 Å². The van der Waals surface area contributed by atoms with Crippen molar-refractivity contribution < 1.29 is 40.3 Å². The normalized spacial score (nSPS) is 11.7. The van der Waals surface area contributed by atoms with Crippen molar-refractivity contribution in [1.82, 2.24) is 4.98 Å². The molecule has 2 aromatic carbocycles. The average molecular weight is 568 g/mol. The van der Waals surface area contributed by atoms with Gasteiger partial charge in [0.05, 0.1) is 35.2 Å². The molecule has 39 heavy (non-hydrogen) atoms. The van der Waals surface area contributed by atoms with Gasteiger partial charge in [0, 0.05) is 42.4 Å². The lowest BCUT2D eigenvalue weighted by Gasteiger charge is -2.22. The minimum atomic E-state index is -4.94. The zero-order chi connectivity index (χ0) is 29.0. The number of unbranched alkanes of at least 4 members (excludes halogenated alkanes) is 1. The monoisotopic (exact) mass is 567 g/mol. The largest absolute Gasteiger partial charge is 0.496 e. The number of methoxy groups -OCH3 is 1. The molecule has 0 aliphatic heterocycles. The number of carbonyl (C=O) groups is 2. The Kier molecular flexibility index (Phi) is 8.95. The number of pyridine rings is 1. The third-order valence-corrected chi connectivity index (χ3v) is 7.63. The van der Waals surface area contributed by atoms with Crippen LogP contribution in [0.1, 0.15) is 35.2 Å². The molecule has 0 saturated heterocycles. The molecule has 0 bridgehead atoms. The van der Waals surface area contributed by atoms with Crippen molar-refractivity contribution in [3.8, 4) is 16.9 Å². The van der Waals surface area contributed by atoms with Gasteiger partial charge in [0.2, 0.25) is 5.91 Å². The van der Waals surface area contributed by atoms with Gasteiger partial charge in [0.25, 0.3) is 5.91 Å². The smallest absolute Gasteiger partial charge is 0.416 e. The van der Waals surface area contributed by atoms with Gasteiger partial charge >= 0.3 is 6.18 Å². The average Bonchev–Trinajstić information content (AvgIpc) is 2.89. The molecule has 3 rings (SSSR count). The number of benzene rings is 2. The highest BCUT2D eigenvalue weighted by molar-refractivity contribution is 7.91. The maximum Gasteiger partial charge on any atom is 0.416 e. The van der Waals surface area contributed by atoms with Crippen molar-refractivity contribution in [3.63, 3.8) is 0 Å². The van der Waals surface area contributed by atoms with E-state index < -0.39 is 55.4 Å². The first-order chi connectivity index (χ1) is 18.2. The quantitative estimate of drug-likeness (QED) is 0.282. The van der Waals surface area contributed by atoms with Crippen molar-refractivity contribution in [2.45, 2.75) is 30.3 Å². The number of amides is 2. The number of nitrogens with two attached hydrogens (primary N) is 1. The molecule has 1 aromatic heterocycles. The highest BCUT2D eigenvalue weighted by Crippen LogP contribution is 2.37. The molecule has 208 valence electrons. The Hall–Kier alpha value is -4.00. The summed E-state index contributed by atoms with van der Waals surface area (Å²) in [6, 6.07) is 7.16. The first-order valence-corrected chi connectivity index (χ1v) is 13.2. The first-order valence-electron chi connectivity index (χ1n) is 11.5. The van der Waals surface area contributed by atoms with Crippen LogP contribution in [0.3, 0.4) is 0 Å². The lowest BCUT2D eigenvalue weighted by Crippen LogP contribution is -2.27. The molecule has 3 aromatic rings. The molecule has 13 heteroatoms. The Bertz CT molecular complexity index is 1490. The van der Waals surface area contributed by atoms with Crippen LogP contribution < -0.4 is 15.4 Å². The summed E-state index contributed by atoms with van der Waals surface area (Å²) in [6.45, 7) is 0. The highest BCUT2D eigenvalue weighted by atomic mass is 32.2. The van der Waals surface area contributed by atoms with E-state index in [0.717, 1.165) is 17.0 Å². The summed E-state index contributed by atoms with van der Waals surface area (Å²) < 4.78 is 85.8. The molecular weight excluding hydrogens is 542 g/mol. The zero-order valence-electron chi connectivity index (χ0n) is 21.0. The van der Waals surface area contributed by atoms with Crippen molar-refractivity contribution in [2.24, 2.45) is 5.73 Å². The topological polar surface area (TPSA) is 120 Å². The number of anilines is 1. The number of sulfone groups is 1. The lowest BCUT2D eigenvalue weighted by atomic mass is 10.0. The third kappa shape index (κ3) is 7.11. The van der Waals surface area contributed by atoms with Gasteiger partial charge < -0.3 is 15.4 Å². The van der Waals surface area contributed by atoms with Gasteiger partial charge in [-0.05, 0) is 49.2 Å². The maximum absolute atomic E-state index is 13.7. The Labute approximate surface area is 222 Å². The first kappa shape index (κ1) is 29.6. The Balaban J connectivity index is 2.04.